The molecule has 1 aliphatic rings. The van der Waals surface area contributed by atoms with Gasteiger partial charge in [0.25, 0.3) is 0 Å². The van der Waals surface area contributed by atoms with Crippen LogP contribution in [0.4, 0.5) is 45.2 Å². The molecule has 2 heterocycles. The standard InChI is InChI=1S/C34H32F9N5O2/c1-20(24-18-44-27-10-6-5-9-23(24)27)30(46-28(49)19-47-11-13-48(14-12-47)22-7-3-2-4-8-22)31(50)45-17-21-15-25(32(35,36)37)29(34(41,42)43)26(16-21)33(38,39)40/h2-10,15-16,18,20,30,44H,11-14,17,19H2,1H3,(H,45,50)(H,46,49). The maximum absolute atomic E-state index is 13.7. The highest BCUT2D eigenvalue weighted by molar-refractivity contribution is 5.91. The monoisotopic (exact) mass is 713 g/mol. The van der Waals surface area contributed by atoms with Crippen molar-refractivity contribution in [2.45, 2.75) is 44.0 Å². The lowest BCUT2D eigenvalue weighted by Gasteiger charge is -2.36. The Balaban J connectivity index is 1.37. The highest BCUT2D eigenvalue weighted by atomic mass is 19.4. The van der Waals surface area contributed by atoms with Gasteiger partial charge in [0, 0.05) is 61.4 Å². The number of nitrogens with zero attached hydrogens (tertiary/aromatic N) is 2. The number of rotatable bonds is 9. The third-order valence-corrected chi connectivity index (χ3v) is 8.63. The second-order valence-corrected chi connectivity index (χ2v) is 12.0. The van der Waals surface area contributed by atoms with Crippen LogP contribution in [0.2, 0.25) is 0 Å². The number of aromatic amines is 1. The number of anilines is 1. The number of alkyl halides is 9. The molecule has 2 amide bonds. The van der Waals surface area contributed by atoms with Crippen LogP contribution < -0.4 is 15.5 Å². The molecule has 0 aliphatic carbocycles. The van der Waals surface area contributed by atoms with Crippen molar-refractivity contribution in [2.24, 2.45) is 0 Å². The maximum Gasteiger partial charge on any atom is 0.417 e. The van der Waals surface area contributed by atoms with E-state index in [1.54, 1.807) is 37.4 Å². The fourth-order valence-corrected chi connectivity index (χ4v) is 6.15. The van der Waals surface area contributed by atoms with Gasteiger partial charge in [0.15, 0.2) is 0 Å². The van der Waals surface area contributed by atoms with Gasteiger partial charge in [0.05, 0.1) is 23.2 Å². The normalized spacial score (nSPS) is 15.9. The number of hydrogen-bond donors (Lipinski definition) is 3. The molecular weight excluding hydrogens is 681 g/mol. The van der Waals surface area contributed by atoms with Crippen LogP contribution in [0.25, 0.3) is 10.9 Å². The third kappa shape index (κ3) is 8.34. The number of carbonyl (C=O) groups excluding carboxylic acids is 2. The van der Waals surface area contributed by atoms with Crippen molar-refractivity contribution in [1.29, 1.82) is 0 Å². The van der Waals surface area contributed by atoms with Gasteiger partial charge in [0.1, 0.15) is 6.04 Å². The molecule has 0 saturated carbocycles. The van der Waals surface area contributed by atoms with E-state index in [1.807, 2.05) is 35.2 Å². The largest absolute Gasteiger partial charge is 0.417 e. The third-order valence-electron chi connectivity index (χ3n) is 8.63. The fraction of sp³-hybridized carbons (Fsp3) is 0.353. The number of carbonyl (C=O) groups is 2. The zero-order valence-corrected chi connectivity index (χ0v) is 26.4. The highest BCUT2D eigenvalue weighted by Crippen LogP contribution is 2.47. The summed E-state index contributed by atoms with van der Waals surface area (Å²) in [5.74, 6) is -2.29. The van der Waals surface area contributed by atoms with Crippen molar-refractivity contribution in [3.63, 3.8) is 0 Å². The molecule has 1 aromatic heterocycles. The maximum atomic E-state index is 13.7. The van der Waals surface area contributed by atoms with Crippen molar-refractivity contribution in [1.82, 2.24) is 20.5 Å². The van der Waals surface area contributed by atoms with Crippen LogP contribution in [0.1, 0.15) is 40.7 Å². The van der Waals surface area contributed by atoms with Gasteiger partial charge in [-0.2, -0.15) is 39.5 Å². The van der Waals surface area contributed by atoms with Gasteiger partial charge in [-0.1, -0.05) is 43.3 Å². The van der Waals surface area contributed by atoms with Gasteiger partial charge < -0.3 is 20.5 Å². The number of halogens is 9. The number of piperazine rings is 1. The van der Waals surface area contributed by atoms with E-state index in [4.69, 9.17) is 0 Å². The van der Waals surface area contributed by atoms with Crippen molar-refractivity contribution in [3.8, 4) is 0 Å². The summed E-state index contributed by atoms with van der Waals surface area (Å²) in [4.78, 5) is 34.0. The topological polar surface area (TPSA) is 80.5 Å². The molecule has 0 bridgehead atoms. The number of hydrogen-bond acceptors (Lipinski definition) is 4. The Morgan fingerprint density at radius 2 is 1.38 bits per heavy atom. The van der Waals surface area contributed by atoms with Gasteiger partial charge in [-0.15, -0.1) is 0 Å². The van der Waals surface area contributed by atoms with Gasteiger partial charge in [-0.25, -0.2) is 0 Å². The lowest BCUT2D eigenvalue weighted by Crippen LogP contribution is -2.54. The van der Waals surface area contributed by atoms with E-state index in [2.05, 4.69) is 20.5 Å². The Bertz CT molecular complexity index is 1780. The number of aromatic nitrogens is 1. The van der Waals surface area contributed by atoms with E-state index < -0.39 is 71.1 Å². The first-order valence-electron chi connectivity index (χ1n) is 15.5. The molecule has 5 rings (SSSR count). The summed E-state index contributed by atoms with van der Waals surface area (Å²) < 4.78 is 123. The summed E-state index contributed by atoms with van der Waals surface area (Å²) in [6.07, 6.45) is -15.9. The minimum atomic E-state index is -5.98. The van der Waals surface area contributed by atoms with Crippen molar-refractivity contribution < 1.29 is 49.1 Å². The Morgan fingerprint density at radius 1 is 0.800 bits per heavy atom. The summed E-state index contributed by atoms with van der Waals surface area (Å²) in [7, 11) is 0. The van der Waals surface area contributed by atoms with E-state index in [9.17, 15) is 49.1 Å². The Labute approximate surface area is 280 Å². The van der Waals surface area contributed by atoms with Crippen LogP contribution in [-0.2, 0) is 34.7 Å². The minimum Gasteiger partial charge on any atom is -0.369 e. The minimum absolute atomic E-state index is 0.0654. The van der Waals surface area contributed by atoms with Gasteiger partial charge in [-0.05, 0) is 41.5 Å². The van der Waals surface area contributed by atoms with Crippen LogP contribution in [-0.4, -0.2) is 60.5 Å². The molecule has 2 unspecified atom stereocenters. The van der Waals surface area contributed by atoms with Crippen molar-refractivity contribution in [2.75, 3.05) is 37.6 Å². The highest BCUT2D eigenvalue weighted by Gasteiger charge is 2.50. The lowest BCUT2D eigenvalue weighted by molar-refractivity contribution is -0.174. The number of nitrogens with one attached hydrogen (secondary N) is 3. The van der Waals surface area contributed by atoms with Gasteiger partial charge in [-0.3, -0.25) is 14.5 Å². The molecule has 1 fully saturated rings. The summed E-state index contributed by atoms with van der Waals surface area (Å²) in [6, 6.07) is 15.2. The second kappa shape index (κ2) is 14.2. The Hall–Kier alpha value is -4.73. The summed E-state index contributed by atoms with van der Waals surface area (Å²) in [5.41, 5.74) is -6.48. The molecule has 16 heteroatoms. The van der Waals surface area contributed by atoms with Crippen LogP contribution >= 0.6 is 0 Å². The van der Waals surface area contributed by atoms with Gasteiger partial charge >= 0.3 is 18.5 Å². The molecular formula is C34H32F9N5O2. The molecule has 1 aliphatic heterocycles. The smallest absolute Gasteiger partial charge is 0.369 e. The predicted octanol–water partition coefficient (Wildman–Crippen LogP) is 6.95. The molecule has 3 aromatic carbocycles. The SMILES string of the molecule is CC(c1c[nH]c2ccccc12)C(NC(=O)CN1CCN(c2ccccc2)CC1)C(=O)NCc1cc(C(F)(F)F)c(C(F)(F)F)c(C(F)(F)F)c1. The molecule has 4 aromatic rings. The molecule has 50 heavy (non-hydrogen) atoms. The summed E-state index contributed by atoms with van der Waals surface area (Å²) in [5, 5.41) is 5.61. The molecule has 268 valence electrons. The Morgan fingerprint density at radius 3 is 1.96 bits per heavy atom. The number of benzene rings is 3. The van der Waals surface area contributed by atoms with Gasteiger partial charge in [0.2, 0.25) is 11.8 Å². The fourth-order valence-electron chi connectivity index (χ4n) is 6.15. The predicted molar refractivity (Wildman–Crippen MR) is 167 cm³/mol. The second-order valence-electron chi connectivity index (χ2n) is 12.0. The molecule has 1 saturated heterocycles. The number of para-hydroxylation sites is 2. The zero-order valence-electron chi connectivity index (χ0n) is 26.4. The van der Waals surface area contributed by atoms with Crippen LogP contribution in [0.3, 0.4) is 0 Å². The van der Waals surface area contributed by atoms with E-state index in [1.165, 1.54) is 0 Å². The molecule has 0 radical (unpaired) electrons. The van der Waals surface area contributed by atoms with E-state index >= 15 is 0 Å². The van der Waals surface area contributed by atoms with E-state index in [0.29, 0.717) is 42.6 Å². The molecule has 2 atom stereocenters. The van der Waals surface area contributed by atoms with Crippen molar-refractivity contribution in [3.05, 3.63) is 101 Å². The first kappa shape index (κ1) is 36.5. The quantitative estimate of drug-likeness (QED) is 0.164. The average Bonchev–Trinajstić information content (AvgIpc) is 3.49. The van der Waals surface area contributed by atoms with Crippen LogP contribution in [0, 0.1) is 0 Å². The number of fused-ring (bicyclic) bond motifs is 1. The first-order valence-corrected chi connectivity index (χ1v) is 15.5. The van der Waals surface area contributed by atoms with Crippen LogP contribution in [0.15, 0.2) is 72.9 Å². The summed E-state index contributed by atoms with van der Waals surface area (Å²) >= 11 is 0. The average molecular weight is 714 g/mol. The number of H-pyrrole nitrogens is 1. The van der Waals surface area contributed by atoms with E-state index in [0.717, 1.165) is 5.69 Å². The van der Waals surface area contributed by atoms with Crippen LogP contribution in [0.5, 0.6) is 0 Å². The molecule has 0 spiro atoms. The zero-order chi connectivity index (χ0) is 36.4. The van der Waals surface area contributed by atoms with E-state index in [-0.39, 0.29) is 18.7 Å². The number of amides is 2. The Kier molecular flexibility index (Phi) is 10.4. The summed E-state index contributed by atoms with van der Waals surface area (Å²) in [6.45, 7) is 2.82. The lowest BCUT2D eigenvalue weighted by atomic mass is 9.91. The molecule has 3 N–H and O–H groups in total. The van der Waals surface area contributed by atoms with Crippen molar-refractivity contribution >= 4 is 28.4 Å². The first-order chi connectivity index (χ1) is 23.4. The molecule has 7 nitrogen and oxygen atoms in total.